The number of benzene rings is 2. The molecule has 0 amide bonds. The van der Waals surface area contributed by atoms with Gasteiger partial charge in [-0.15, -0.1) is 0 Å². The van der Waals surface area contributed by atoms with Crippen LogP contribution in [-0.2, 0) is 0 Å². The van der Waals surface area contributed by atoms with Crippen LogP contribution in [0, 0.1) is 6.61 Å². The highest BCUT2D eigenvalue weighted by Crippen LogP contribution is 2.36. The molecule has 2 radical (unpaired) electrons. The molecule has 4 nitrogen and oxygen atoms in total. The summed E-state index contributed by atoms with van der Waals surface area (Å²) in [6.07, 6.45) is 0.134. The molecule has 0 saturated carbocycles. The fourth-order valence-corrected chi connectivity index (χ4v) is 2.45. The van der Waals surface area contributed by atoms with Crippen LogP contribution in [0.4, 0.5) is 0 Å². The second-order valence-corrected chi connectivity index (χ2v) is 4.95. The molecule has 0 aromatic heterocycles. The Morgan fingerprint density at radius 1 is 0.810 bits per heavy atom. The highest BCUT2D eigenvalue weighted by Gasteiger charge is 2.34. The van der Waals surface area contributed by atoms with Crippen molar-refractivity contribution in [2.75, 3.05) is 6.61 Å². The van der Waals surface area contributed by atoms with E-state index in [-0.39, 0.29) is 12.2 Å². The summed E-state index contributed by atoms with van der Waals surface area (Å²) < 4.78 is 23.2. The Hall–Kier alpha value is -2.36. The van der Waals surface area contributed by atoms with E-state index in [1.165, 1.54) is 0 Å². The van der Waals surface area contributed by atoms with Crippen molar-refractivity contribution < 1.29 is 18.9 Å². The SMILES string of the molecule is [C]1Oc2ccccc2OC1C1CCOc2ccccc2O1. The lowest BCUT2D eigenvalue weighted by Gasteiger charge is -2.30. The zero-order valence-corrected chi connectivity index (χ0v) is 11.3. The van der Waals surface area contributed by atoms with Crippen molar-refractivity contribution in [2.45, 2.75) is 18.6 Å². The van der Waals surface area contributed by atoms with Crippen molar-refractivity contribution in [3.05, 3.63) is 55.1 Å². The van der Waals surface area contributed by atoms with Crippen molar-refractivity contribution >= 4 is 0 Å². The highest BCUT2D eigenvalue weighted by molar-refractivity contribution is 5.42. The highest BCUT2D eigenvalue weighted by atomic mass is 16.6. The van der Waals surface area contributed by atoms with Gasteiger partial charge in [0.25, 0.3) is 0 Å². The number of ether oxygens (including phenoxy) is 4. The number of rotatable bonds is 1. The van der Waals surface area contributed by atoms with Gasteiger partial charge in [0.05, 0.1) is 6.61 Å². The predicted octanol–water partition coefficient (Wildman–Crippen LogP) is 3.10. The Labute approximate surface area is 123 Å². The first kappa shape index (κ1) is 12.4. The van der Waals surface area contributed by atoms with Gasteiger partial charge < -0.3 is 18.9 Å². The molecule has 0 N–H and O–H groups in total. The van der Waals surface area contributed by atoms with Crippen LogP contribution in [0.5, 0.6) is 23.0 Å². The minimum atomic E-state index is -0.380. The van der Waals surface area contributed by atoms with Crippen molar-refractivity contribution in [1.29, 1.82) is 0 Å². The van der Waals surface area contributed by atoms with E-state index >= 15 is 0 Å². The molecular weight excluding hydrogens is 268 g/mol. The first-order valence-corrected chi connectivity index (χ1v) is 6.97. The molecule has 2 aliphatic heterocycles. The van der Waals surface area contributed by atoms with E-state index in [0.29, 0.717) is 24.5 Å². The van der Waals surface area contributed by atoms with Gasteiger partial charge in [0.15, 0.2) is 29.1 Å². The molecule has 2 atom stereocenters. The van der Waals surface area contributed by atoms with Crippen LogP contribution in [-0.4, -0.2) is 18.8 Å². The lowest BCUT2D eigenvalue weighted by molar-refractivity contribution is 0.0290. The number of hydrogen-bond donors (Lipinski definition) is 0. The molecule has 2 aromatic carbocycles. The maximum atomic E-state index is 6.02. The smallest absolute Gasteiger partial charge is 0.244 e. The normalized spacial score (nSPS) is 23.2. The third-order valence-electron chi connectivity index (χ3n) is 3.51. The maximum absolute atomic E-state index is 6.02. The third kappa shape index (κ3) is 2.37. The summed E-state index contributed by atoms with van der Waals surface area (Å²) in [6, 6.07) is 15.2. The van der Waals surface area contributed by atoms with Crippen molar-refractivity contribution in [3.8, 4) is 23.0 Å². The standard InChI is InChI=1S/C17H14O4/c1-3-7-14-12(5-1)18-10-9-16(20-14)17-11-19-13-6-2-4-8-15(13)21-17/h1-8,16-17H,9-10H2. The molecule has 2 heterocycles. The van der Waals surface area contributed by atoms with Gasteiger partial charge >= 0.3 is 0 Å². The predicted molar refractivity (Wildman–Crippen MR) is 75.7 cm³/mol. The van der Waals surface area contributed by atoms with E-state index in [4.69, 9.17) is 18.9 Å². The van der Waals surface area contributed by atoms with Gasteiger partial charge in [-0.2, -0.15) is 0 Å². The van der Waals surface area contributed by atoms with E-state index in [9.17, 15) is 0 Å². The Kier molecular flexibility index (Phi) is 3.07. The largest absolute Gasteiger partial charge is 0.490 e. The molecule has 0 bridgehead atoms. The summed E-state index contributed by atoms with van der Waals surface area (Å²) in [5, 5.41) is 0. The molecule has 0 aliphatic carbocycles. The van der Waals surface area contributed by atoms with Gasteiger partial charge in [-0.05, 0) is 24.3 Å². The van der Waals surface area contributed by atoms with E-state index in [0.717, 1.165) is 11.5 Å². The zero-order chi connectivity index (χ0) is 14.1. The number of fused-ring (bicyclic) bond motifs is 2. The molecule has 4 rings (SSSR count). The Bertz CT molecular complexity index is 640. The van der Waals surface area contributed by atoms with E-state index in [1.54, 1.807) is 0 Å². The lowest BCUT2D eigenvalue weighted by atomic mass is 10.1. The molecular formula is C17H14O4. The molecule has 2 unspecified atom stereocenters. The molecule has 2 aliphatic rings. The molecule has 106 valence electrons. The van der Waals surface area contributed by atoms with E-state index in [2.05, 4.69) is 6.61 Å². The first-order valence-electron chi connectivity index (χ1n) is 6.97. The topological polar surface area (TPSA) is 36.9 Å². The van der Waals surface area contributed by atoms with Crippen LogP contribution in [0.2, 0.25) is 0 Å². The molecule has 4 heteroatoms. The quantitative estimate of drug-likeness (QED) is 0.805. The number of para-hydroxylation sites is 4. The van der Waals surface area contributed by atoms with Crippen LogP contribution >= 0.6 is 0 Å². The third-order valence-corrected chi connectivity index (χ3v) is 3.51. The molecule has 0 fully saturated rings. The second kappa shape index (κ2) is 5.20. The summed E-state index contributed by atoms with van der Waals surface area (Å²) in [6.45, 7) is 3.48. The minimum absolute atomic E-state index is 0.193. The van der Waals surface area contributed by atoms with Crippen molar-refractivity contribution in [1.82, 2.24) is 0 Å². The van der Waals surface area contributed by atoms with E-state index in [1.807, 2.05) is 48.5 Å². The second-order valence-electron chi connectivity index (χ2n) is 4.95. The van der Waals surface area contributed by atoms with Crippen molar-refractivity contribution in [3.63, 3.8) is 0 Å². The van der Waals surface area contributed by atoms with Gasteiger partial charge in [0.2, 0.25) is 6.61 Å². The van der Waals surface area contributed by atoms with Crippen LogP contribution in [0.1, 0.15) is 6.42 Å². The number of hydrogen-bond acceptors (Lipinski definition) is 4. The van der Waals surface area contributed by atoms with Crippen LogP contribution < -0.4 is 18.9 Å². The minimum Gasteiger partial charge on any atom is -0.490 e. The van der Waals surface area contributed by atoms with Gasteiger partial charge in [-0.25, -0.2) is 0 Å². The van der Waals surface area contributed by atoms with Gasteiger partial charge in [-0.1, -0.05) is 24.3 Å². The first-order chi connectivity index (χ1) is 10.4. The fraction of sp³-hybridized carbons (Fsp3) is 0.235. The summed E-state index contributed by atoms with van der Waals surface area (Å²) in [4.78, 5) is 0. The average Bonchev–Trinajstić information content (AvgIpc) is 2.76. The Morgan fingerprint density at radius 2 is 1.48 bits per heavy atom. The average molecular weight is 282 g/mol. The van der Waals surface area contributed by atoms with Crippen molar-refractivity contribution in [2.24, 2.45) is 0 Å². The van der Waals surface area contributed by atoms with Crippen LogP contribution in [0.25, 0.3) is 0 Å². The van der Waals surface area contributed by atoms with Gasteiger partial charge in [0, 0.05) is 6.42 Å². The molecule has 0 spiro atoms. The maximum Gasteiger partial charge on any atom is 0.244 e. The van der Waals surface area contributed by atoms with Crippen LogP contribution in [0.3, 0.4) is 0 Å². The lowest BCUT2D eigenvalue weighted by Crippen LogP contribution is -2.40. The Morgan fingerprint density at radius 3 is 2.29 bits per heavy atom. The Balaban J connectivity index is 1.55. The molecule has 0 saturated heterocycles. The van der Waals surface area contributed by atoms with E-state index < -0.39 is 0 Å². The van der Waals surface area contributed by atoms with Crippen LogP contribution in [0.15, 0.2) is 48.5 Å². The molecule has 2 aromatic rings. The van der Waals surface area contributed by atoms with Gasteiger partial charge in [-0.3, -0.25) is 0 Å². The van der Waals surface area contributed by atoms with Gasteiger partial charge in [0.1, 0.15) is 6.10 Å². The summed E-state index contributed by atoms with van der Waals surface area (Å²) in [5.74, 6) is 2.88. The molecule has 21 heavy (non-hydrogen) atoms. The summed E-state index contributed by atoms with van der Waals surface area (Å²) in [7, 11) is 0. The monoisotopic (exact) mass is 282 g/mol. The zero-order valence-electron chi connectivity index (χ0n) is 11.3. The summed E-state index contributed by atoms with van der Waals surface area (Å²) >= 11 is 0. The fourth-order valence-electron chi connectivity index (χ4n) is 2.45. The summed E-state index contributed by atoms with van der Waals surface area (Å²) in [5.41, 5.74) is 0.